The lowest BCUT2D eigenvalue weighted by atomic mass is 9.98. The van der Waals surface area contributed by atoms with Crippen molar-refractivity contribution in [2.75, 3.05) is 0 Å². The summed E-state index contributed by atoms with van der Waals surface area (Å²) in [6, 6.07) is 7.54. The first kappa shape index (κ1) is 9.00. The lowest BCUT2D eigenvalue weighted by molar-refractivity contribution is 0.466. The third kappa shape index (κ3) is 1.33. The van der Waals surface area contributed by atoms with Crippen LogP contribution in [0.1, 0.15) is 25.3 Å². The maximum Gasteiger partial charge on any atom is 0.121 e. The zero-order valence-corrected chi connectivity index (χ0v) is 8.36. The average molecular weight is 187 g/mol. The van der Waals surface area contributed by atoms with Crippen LogP contribution in [0.3, 0.4) is 0 Å². The van der Waals surface area contributed by atoms with Crippen LogP contribution < -0.4 is 0 Å². The molecule has 0 aliphatic carbocycles. The summed E-state index contributed by atoms with van der Waals surface area (Å²) in [5.41, 5.74) is 1.84. The van der Waals surface area contributed by atoms with Crippen LogP contribution >= 0.6 is 0 Å². The van der Waals surface area contributed by atoms with E-state index in [1.165, 1.54) is 0 Å². The fourth-order valence-electron chi connectivity index (χ4n) is 1.73. The minimum absolute atomic E-state index is 0.286. The van der Waals surface area contributed by atoms with E-state index in [0.717, 1.165) is 16.5 Å². The van der Waals surface area contributed by atoms with Gasteiger partial charge in [-0.15, -0.1) is 0 Å². The molecule has 0 saturated heterocycles. The summed E-state index contributed by atoms with van der Waals surface area (Å²) in [6.07, 6.45) is 1.76. The Morgan fingerprint density at radius 3 is 2.71 bits per heavy atom. The molecule has 1 aromatic heterocycles. The van der Waals surface area contributed by atoms with Crippen molar-refractivity contribution < 1.29 is 5.11 Å². The van der Waals surface area contributed by atoms with Crippen molar-refractivity contribution in [1.82, 2.24) is 4.98 Å². The molecule has 1 N–H and O–H groups in total. The van der Waals surface area contributed by atoms with E-state index in [0.29, 0.717) is 5.75 Å². The van der Waals surface area contributed by atoms with Crippen LogP contribution in [0, 0.1) is 0 Å². The van der Waals surface area contributed by atoms with Gasteiger partial charge in [-0.05, 0) is 24.1 Å². The van der Waals surface area contributed by atoms with Crippen LogP contribution in [-0.4, -0.2) is 10.1 Å². The number of aromatic nitrogens is 1. The maximum absolute atomic E-state index is 9.74. The summed E-state index contributed by atoms with van der Waals surface area (Å²) in [5, 5.41) is 10.8. The molecule has 2 nitrogen and oxygen atoms in total. The van der Waals surface area contributed by atoms with Crippen LogP contribution in [0.2, 0.25) is 0 Å². The predicted molar refractivity (Wildman–Crippen MR) is 57.5 cm³/mol. The van der Waals surface area contributed by atoms with Crippen LogP contribution in [0.25, 0.3) is 10.9 Å². The van der Waals surface area contributed by atoms with E-state index in [-0.39, 0.29) is 5.92 Å². The first-order chi connectivity index (χ1) is 6.70. The van der Waals surface area contributed by atoms with Gasteiger partial charge in [-0.2, -0.15) is 0 Å². The number of phenolic OH excluding ortho intramolecular Hbond substituents is 1. The molecular formula is C12H13NO. The number of benzene rings is 1. The molecule has 1 aromatic carbocycles. The first-order valence-corrected chi connectivity index (χ1v) is 4.76. The van der Waals surface area contributed by atoms with Gasteiger partial charge >= 0.3 is 0 Å². The molecule has 0 radical (unpaired) electrons. The van der Waals surface area contributed by atoms with Crippen molar-refractivity contribution in [2.24, 2.45) is 0 Å². The molecule has 14 heavy (non-hydrogen) atoms. The lowest BCUT2D eigenvalue weighted by Crippen LogP contribution is -1.92. The van der Waals surface area contributed by atoms with Crippen molar-refractivity contribution in [3.8, 4) is 5.75 Å². The number of fused-ring (bicyclic) bond motifs is 1. The van der Waals surface area contributed by atoms with Gasteiger partial charge in [0.1, 0.15) is 5.75 Å². The van der Waals surface area contributed by atoms with E-state index in [4.69, 9.17) is 0 Å². The van der Waals surface area contributed by atoms with Crippen molar-refractivity contribution in [1.29, 1.82) is 0 Å². The molecule has 0 bridgehead atoms. The molecule has 2 heteroatoms. The summed E-state index contributed by atoms with van der Waals surface area (Å²) in [7, 11) is 0. The van der Waals surface area contributed by atoms with Gasteiger partial charge in [-0.25, -0.2) is 0 Å². The minimum atomic E-state index is 0.286. The molecule has 72 valence electrons. The van der Waals surface area contributed by atoms with E-state index in [9.17, 15) is 5.11 Å². The van der Waals surface area contributed by atoms with Crippen LogP contribution in [-0.2, 0) is 0 Å². The molecule has 0 amide bonds. The van der Waals surface area contributed by atoms with Crippen LogP contribution in [0.15, 0.2) is 30.5 Å². The summed E-state index contributed by atoms with van der Waals surface area (Å²) in [5.74, 6) is 0.625. The normalized spacial score (nSPS) is 11.1. The number of pyridine rings is 1. The van der Waals surface area contributed by atoms with Gasteiger partial charge in [-0.3, -0.25) is 4.98 Å². The second kappa shape index (κ2) is 3.29. The number of nitrogens with zero attached hydrogens (tertiary/aromatic N) is 1. The molecule has 0 aliphatic heterocycles. The van der Waals surface area contributed by atoms with Crippen molar-refractivity contribution in [2.45, 2.75) is 19.8 Å². The van der Waals surface area contributed by atoms with Crippen LogP contribution in [0.4, 0.5) is 0 Å². The van der Waals surface area contributed by atoms with E-state index in [1.807, 2.05) is 18.2 Å². The monoisotopic (exact) mass is 187 g/mol. The van der Waals surface area contributed by atoms with Crippen molar-refractivity contribution in [3.05, 3.63) is 36.0 Å². The predicted octanol–water partition coefficient (Wildman–Crippen LogP) is 3.06. The smallest absolute Gasteiger partial charge is 0.121 e. The van der Waals surface area contributed by atoms with Gasteiger partial charge in [0.2, 0.25) is 0 Å². The van der Waals surface area contributed by atoms with Gasteiger partial charge in [-0.1, -0.05) is 19.9 Å². The number of aromatic hydroxyl groups is 1. The summed E-state index contributed by atoms with van der Waals surface area (Å²) >= 11 is 0. The highest BCUT2D eigenvalue weighted by Crippen LogP contribution is 2.31. The minimum Gasteiger partial charge on any atom is -0.508 e. The molecule has 2 rings (SSSR count). The zero-order chi connectivity index (χ0) is 10.1. The lowest BCUT2D eigenvalue weighted by Gasteiger charge is -2.10. The Hall–Kier alpha value is -1.57. The van der Waals surface area contributed by atoms with Gasteiger partial charge in [0.15, 0.2) is 0 Å². The van der Waals surface area contributed by atoms with E-state index in [1.54, 1.807) is 12.3 Å². The Balaban J connectivity index is 2.83. The Bertz CT molecular complexity index is 463. The maximum atomic E-state index is 9.74. The molecule has 0 atom stereocenters. The van der Waals surface area contributed by atoms with Crippen LogP contribution in [0.5, 0.6) is 5.75 Å². The Labute approximate surface area is 83.2 Å². The average Bonchev–Trinajstić information content (AvgIpc) is 2.17. The highest BCUT2D eigenvalue weighted by Gasteiger charge is 2.10. The molecule has 0 spiro atoms. The first-order valence-electron chi connectivity index (χ1n) is 4.76. The number of rotatable bonds is 1. The molecule has 0 unspecified atom stereocenters. The summed E-state index contributed by atoms with van der Waals surface area (Å²) in [6.45, 7) is 4.12. The fourth-order valence-corrected chi connectivity index (χ4v) is 1.73. The summed E-state index contributed by atoms with van der Waals surface area (Å²) < 4.78 is 0. The van der Waals surface area contributed by atoms with E-state index < -0.39 is 0 Å². The number of phenols is 1. The SMILES string of the molecule is CC(C)c1c(O)ccc2cccnc12. The second-order valence-electron chi connectivity index (χ2n) is 3.73. The molecule has 0 saturated carbocycles. The standard InChI is InChI=1S/C12H13NO/c1-8(2)11-10(14)6-5-9-4-3-7-13-12(9)11/h3-8,14H,1-2H3. The molecular weight excluding hydrogens is 174 g/mol. The van der Waals surface area contributed by atoms with Gasteiger partial charge in [0.25, 0.3) is 0 Å². The van der Waals surface area contributed by atoms with Gasteiger partial charge in [0.05, 0.1) is 5.52 Å². The third-order valence-electron chi connectivity index (χ3n) is 2.37. The Kier molecular flexibility index (Phi) is 2.12. The summed E-state index contributed by atoms with van der Waals surface area (Å²) in [4.78, 5) is 4.30. The molecule has 0 fully saturated rings. The highest BCUT2D eigenvalue weighted by molar-refractivity contribution is 5.84. The van der Waals surface area contributed by atoms with E-state index >= 15 is 0 Å². The van der Waals surface area contributed by atoms with Crippen molar-refractivity contribution in [3.63, 3.8) is 0 Å². The zero-order valence-electron chi connectivity index (χ0n) is 8.36. The third-order valence-corrected chi connectivity index (χ3v) is 2.37. The topological polar surface area (TPSA) is 33.1 Å². The fraction of sp³-hybridized carbons (Fsp3) is 0.250. The van der Waals surface area contributed by atoms with Gasteiger partial charge < -0.3 is 5.11 Å². The highest BCUT2D eigenvalue weighted by atomic mass is 16.3. The second-order valence-corrected chi connectivity index (χ2v) is 3.73. The Morgan fingerprint density at radius 2 is 2.00 bits per heavy atom. The quantitative estimate of drug-likeness (QED) is 0.744. The molecule has 2 aromatic rings. The van der Waals surface area contributed by atoms with E-state index in [2.05, 4.69) is 18.8 Å². The largest absolute Gasteiger partial charge is 0.508 e. The van der Waals surface area contributed by atoms with Gasteiger partial charge in [0, 0.05) is 17.1 Å². The van der Waals surface area contributed by atoms with Crippen molar-refractivity contribution >= 4 is 10.9 Å². The molecule has 1 heterocycles. The Morgan fingerprint density at radius 1 is 1.21 bits per heavy atom. The number of hydrogen-bond donors (Lipinski definition) is 1. The molecule has 0 aliphatic rings. The number of hydrogen-bond acceptors (Lipinski definition) is 2.